The topological polar surface area (TPSA) is 29.1 Å². The summed E-state index contributed by atoms with van der Waals surface area (Å²) in [6.45, 7) is 1.51. The number of carbonyl (C=O) groups is 1. The van der Waals surface area contributed by atoms with Crippen molar-refractivity contribution in [2.24, 2.45) is 0 Å². The molecule has 1 N–H and O–H groups in total. The monoisotopic (exact) mass is 313 g/mol. The Bertz CT molecular complexity index is 834. The Morgan fingerprint density at radius 3 is 1.88 bits per heavy atom. The van der Waals surface area contributed by atoms with E-state index in [9.17, 15) is 4.79 Å². The van der Waals surface area contributed by atoms with Crippen LogP contribution in [-0.2, 0) is 4.79 Å². The van der Waals surface area contributed by atoms with Gasteiger partial charge in [-0.15, -0.1) is 0 Å². The first-order valence-corrected chi connectivity index (χ1v) is 7.92. The van der Waals surface area contributed by atoms with Gasteiger partial charge in [0, 0.05) is 12.6 Å². The average Bonchev–Trinajstić information content (AvgIpc) is 2.62. The fourth-order valence-electron chi connectivity index (χ4n) is 2.60. The highest BCUT2D eigenvalue weighted by Crippen LogP contribution is 2.27. The van der Waals surface area contributed by atoms with E-state index in [-0.39, 0.29) is 5.91 Å². The largest absolute Gasteiger partial charge is 0.326 e. The first-order chi connectivity index (χ1) is 11.7. The van der Waals surface area contributed by atoms with Gasteiger partial charge in [0.1, 0.15) is 0 Å². The van der Waals surface area contributed by atoms with Gasteiger partial charge in [0.15, 0.2) is 0 Å². The fourth-order valence-corrected chi connectivity index (χ4v) is 2.60. The van der Waals surface area contributed by atoms with Gasteiger partial charge in [-0.1, -0.05) is 72.8 Å². The van der Waals surface area contributed by atoms with Gasteiger partial charge >= 0.3 is 0 Å². The minimum absolute atomic E-state index is 0.0640. The van der Waals surface area contributed by atoms with Gasteiger partial charge in [-0.25, -0.2) is 0 Å². The van der Waals surface area contributed by atoms with Gasteiger partial charge in [-0.2, -0.15) is 0 Å². The quantitative estimate of drug-likeness (QED) is 0.656. The minimum atomic E-state index is -0.0640. The molecule has 3 aromatic rings. The Hall–Kier alpha value is -3.13. The second-order valence-electron chi connectivity index (χ2n) is 5.59. The summed E-state index contributed by atoms with van der Waals surface area (Å²) in [6, 6.07) is 28.5. The van der Waals surface area contributed by atoms with Gasteiger partial charge in [0.25, 0.3) is 0 Å². The van der Waals surface area contributed by atoms with E-state index in [4.69, 9.17) is 0 Å². The Labute approximate surface area is 142 Å². The summed E-state index contributed by atoms with van der Waals surface area (Å²) >= 11 is 0. The number of amides is 1. The normalized spacial score (nSPS) is 11.1. The first-order valence-electron chi connectivity index (χ1n) is 7.92. The molecule has 0 aromatic heterocycles. The van der Waals surface area contributed by atoms with E-state index in [0.29, 0.717) is 0 Å². The molecule has 2 heteroatoms. The van der Waals surface area contributed by atoms with Crippen LogP contribution in [0.15, 0.2) is 84.9 Å². The number of rotatable bonds is 4. The van der Waals surface area contributed by atoms with E-state index in [1.165, 1.54) is 6.92 Å². The summed E-state index contributed by atoms with van der Waals surface area (Å²) in [5.41, 5.74) is 5.38. The molecule has 3 aromatic carbocycles. The van der Waals surface area contributed by atoms with Crippen LogP contribution in [0.4, 0.5) is 5.69 Å². The van der Waals surface area contributed by atoms with E-state index in [1.807, 2.05) is 60.7 Å². The van der Waals surface area contributed by atoms with Crippen LogP contribution < -0.4 is 5.32 Å². The third-order valence-corrected chi connectivity index (χ3v) is 3.71. The van der Waals surface area contributed by atoms with Crippen molar-refractivity contribution in [1.82, 2.24) is 0 Å². The van der Waals surface area contributed by atoms with Crippen molar-refractivity contribution in [1.29, 1.82) is 0 Å². The molecule has 0 bridgehead atoms. The predicted octanol–water partition coefficient (Wildman–Crippen LogP) is 5.23. The van der Waals surface area contributed by atoms with Crippen LogP contribution >= 0.6 is 0 Å². The maximum Gasteiger partial charge on any atom is 0.221 e. The lowest BCUT2D eigenvalue weighted by Crippen LogP contribution is -2.05. The summed E-state index contributed by atoms with van der Waals surface area (Å²) < 4.78 is 0. The molecule has 0 atom stereocenters. The van der Waals surface area contributed by atoms with Crippen LogP contribution in [-0.4, -0.2) is 5.91 Å². The van der Waals surface area contributed by atoms with Crippen LogP contribution in [0.25, 0.3) is 11.6 Å². The highest BCUT2D eigenvalue weighted by atomic mass is 16.1. The molecule has 0 heterocycles. The number of hydrogen-bond donors (Lipinski definition) is 1. The maximum absolute atomic E-state index is 11.2. The van der Waals surface area contributed by atoms with E-state index < -0.39 is 0 Å². The molecular formula is C22H19NO. The molecule has 2 nitrogen and oxygen atoms in total. The van der Waals surface area contributed by atoms with E-state index in [1.54, 1.807) is 0 Å². The smallest absolute Gasteiger partial charge is 0.221 e. The zero-order valence-electron chi connectivity index (χ0n) is 13.6. The Morgan fingerprint density at radius 2 is 1.29 bits per heavy atom. The number of anilines is 1. The zero-order valence-corrected chi connectivity index (χ0v) is 13.6. The maximum atomic E-state index is 11.2. The SMILES string of the molecule is CC(=O)Nc1ccc(C(=Cc2ccccc2)c2ccccc2)cc1. The van der Waals surface area contributed by atoms with E-state index >= 15 is 0 Å². The van der Waals surface area contributed by atoms with Crippen molar-refractivity contribution in [3.05, 3.63) is 102 Å². The van der Waals surface area contributed by atoms with Gasteiger partial charge in [0.2, 0.25) is 5.91 Å². The lowest BCUT2D eigenvalue weighted by Gasteiger charge is -2.10. The van der Waals surface area contributed by atoms with Gasteiger partial charge in [0.05, 0.1) is 0 Å². The summed E-state index contributed by atoms with van der Waals surface area (Å²) in [5.74, 6) is -0.0640. The van der Waals surface area contributed by atoms with Gasteiger partial charge in [-0.3, -0.25) is 4.79 Å². The van der Waals surface area contributed by atoms with Crippen molar-refractivity contribution in [2.45, 2.75) is 6.92 Å². The number of hydrogen-bond acceptors (Lipinski definition) is 1. The van der Waals surface area contributed by atoms with Gasteiger partial charge < -0.3 is 5.32 Å². The molecule has 24 heavy (non-hydrogen) atoms. The second kappa shape index (κ2) is 7.42. The van der Waals surface area contributed by atoms with Crippen LogP contribution in [0.3, 0.4) is 0 Å². The summed E-state index contributed by atoms with van der Waals surface area (Å²) in [6.07, 6.45) is 2.18. The molecule has 0 aliphatic heterocycles. The van der Waals surface area contributed by atoms with Crippen molar-refractivity contribution < 1.29 is 4.79 Å². The number of carbonyl (C=O) groups excluding carboxylic acids is 1. The molecule has 0 saturated heterocycles. The minimum Gasteiger partial charge on any atom is -0.326 e. The average molecular weight is 313 g/mol. The standard InChI is InChI=1S/C22H19NO/c1-17(24)23-21-14-12-20(13-15-21)22(19-10-6-3-7-11-19)16-18-8-4-2-5-9-18/h2-16H,1H3,(H,23,24). The third-order valence-electron chi connectivity index (χ3n) is 3.71. The summed E-state index contributed by atoms with van der Waals surface area (Å²) in [5, 5.41) is 2.80. The highest BCUT2D eigenvalue weighted by molar-refractivity contribution is 5.93. The van der Waals surface area contributed by atoms with Crippen molar-refractivity contribution >= 4 is 23.2 Å². The molecule has 0 radical (unpaired) electrons. The number of benzene rings is 3. The molecule has 1 amide bonds. The Balaban J connectivity index is 2.02. The summed E-state index contributed by atoms with van der Waals surface area (Å²) in [7, 11) is 0. The van der Waals surface area contributed by atoms with Gasteiger partial charge in [-0.05, 0) is 40.5 Å². The molecular weight excluding hydrogens is 294 g/mol. The zero-order chi connectivity index (χ0) is 16.8. The molecule has 0 aliphatic carbocycles. The molecule has 3 rings (SSSR count). The molecule has 118 valence electrons. The number of nitrogens with one attached hydrogen (secondary N) is 1. The van der Waals surface area contributed by atoms with Crippen molar-refractivity contribution in [3.8, 4) is 0 Å². The van der Waals surface area contributed by atoms with Crippen molar-refractivity contribution in [2.75, 3.05) is 5.32 Å². The summed E-state index contributed by atoms with van der Waals surface area (Å²) in [4.78, 5) is 11.2. The molecule has 0 aliphatic rings. The Kier molecular flexibility index (Phi) is 4.87. The van der Waals surface area contributed by atoms with Crippen LogP contribution in [0.1, 0.15) is 23.6 Å². The van der Waals surface area contributed by atoms with Crippen molar-refractivity contribution in [3.63, 3.8) is 0 Å². The van der Waals surface area contributed by atoms with Crippen LogP contribution in [0.2, 0.25) is 0 Å². The fraction of sp³-hybridized carbons (Fsp3) is 0.0455. The van der Waals surface area contributed by atoms with Crippen LogP contribution in [0, 0.1) is 0 Å². The third kappa shape index (κ3) is 3.99. The lowest BCUT2D eigenvalue weighted by atomic mass is 9.95. The Morgan fingerprint density at radius 1 is 0.750 bits per heavy atom. The second-order valence-corrected chi connectivity index (χ2v) is 5.59. The van der Waals surface area contributed by atoms with E-state index in [0.717, 1.165) is 28.0 Å². The predicted molar refractivity (Wildman–Crippen MR) is 101 cm³/mol. The van der Waals surface area contributed by atoms with E-state index in [2.05, 4.69) is 35.7 Å². The molecule has 0 spiro atoms. The molecule has 0 fully saturated rings. The van der Waals surface area contributed by atoms with Crippen LogP contribution in [0.5, 0.6) is 0 Å². The molecule has 0 saturated carbocycles. The first kappa shape index (κ1) is 15.8. The highest BCUT2D eigenvalue weighted by Gasteiger charge is 2.06. The molecule has 0 unspecified atom stereocenters. The lowest BCUT2D eigenvalue weighted by molar-refractivity contribution is -0.114.